The van der Waals surface area contributed by atoms with Crippen LogP contribution in [-0.4, -0.2) is 29.5 Å². The molecule has 0 aliphatic carbocycles. The minimum absolute atomic E-state index is 0.428. The Balaban J connectivity index is 2.80. The molecule has 0 atom stereocenters. The smallest absolute Gasteiger partial charge is 0.451 e. The monoisotopic (exact) mass is 277 g/mol. The first-order valence-corrected chi connectivity index (χ1v) is 4.74. The molecule has 1 aromatic carbocycles. The van der Waals surface area contributed by atoms with Gasteiger partial charge in [0, 0.05) is 6.07 Å². The SMILES string of the molecule is O=C(COC(=O)C(F)(F)F)c1ccccc1[N+](=O)[O-]. The van der Waals surface area contributed by atoms with Crippen LogP contribution in [0.3, 0.4) is 0 Å². The van der Waals surface area contributed by atoms with E-state index in [2.05, 4.69) is 4.74 Å². The molecule has 0 aliphatic heterocycles. The third-order valence-electron chi connectivity index (χ3n) is 1.97. The normalized spacial score (nSPS) is 10.9. The van der Waals surface area contributed by atoms with E-state index in [1.165, 1.54) is 12.1 Å². The molecule has 0 spiro atoms. The van der Waals surface area contributed by atoms with E-state index in [0.717, 1.165) is 12.1 Å². The highest BCUT2D eigenvalue weighted by atomic mass is 19.4. The zero-order chi connectivity index (χ0) is 14.6. The number of esters is 1. The number of halogens is 3. The van der Waals surface area contributed by atoms with Crippen LogP contribution >= 0.6 is 0 Å². The number of benzene rings is 1. The number of carbonyl (C=O) groups excluding carboxylic acids is 2. The average Bonchev–Trinajstić information content (AvgIpc) is 2.34. The second-order valence-electron chi connectivity index (χ2n) is 3.27. The Morgan fingerprint density at radius 3 is 2.37 bits per heavy atom. The van der Waals surface area contributed by atoms with Crippen molar-refractivity contribution in [1.82, 2.24) is 0 Å². The van der Waals surface area contributed by atoms with Gasteiger partial charge in [0.2, 0.25) is 5.78 Å². The molecule has 9 heteroatoms. The number of nitro groups is 1. The fourth-order valence-corrected chi connectivity index (χ4v) is 1.16. The van der Waals surface area contributed by atoms with Gasteiger partial charge in [0.1, 0.15) is 0 Å². The second kappa shape index (κ2) is 5.46. The van der Waals surface area contributed by atoms with Crippen LogP contribution in [0, 0.1) is 10.1 Å². The molecule has 0 aliphatic rings. The Morgan fingerprint density at radius 2 is 1.84 bits per heavy atom. The maximum absolute atomic E-state index is 11.8. The topological polar surface area (TPSA) is 86.5 Å². The lowest BCUT2D eigenvalue weighted by atomic mass is 10.1. The Kier molecular flexibility index (Phi) is 4.20. The first-order chi connectivity index (χ1) is 8.73. The number of para-hydroxylation sites is 1. The summed E-state index contributed by atoms with van der Waals surface area (Å²) >= 11 is 0. The van der Waals surface area contributed by atoms with Gasteiger partial charge in [0.15, 0.2) is 6.61 Å². The van der Waals surface area contributed by atoms with Gasteiger partial charge in [-0.1, -0.05) is 12.1 Å². The van der Waals surface area contributed by atoms with Gasteiger partial charge in [0.25, 0.3) is 5.69 Å². The van der Waals surface area contributed by atoms with Gasteiger partial charge in [-0.25, -0.2) is 4.79 Å². The average molecular weight is 277 g/mol. The summed E-state index contributed by atoms with van der Waals surface area (Å²) in [5, 5.41) is 10.6. The van der Waals surface area contributed by atoms with Crippen LogP contribution in [0.4, 0.5) is 18.9 Å². The number of alkyl halides is 3. The van der Waals surface area contributed by atoms with Crippen molar-refractivity contribution < 1.29 is 32.4 Å². The molecule has 0 unspecified atom stereocenters. The molecule has 0 heterocycles. The molecule has 0 amide bonds. The van der Waals surface area contributed by atoms with E-state index in [0.29, 0.717) is 0 Å². The summed E-state index contributed by atoms with van der Waals surface area (Å²) in [6.45, 7) is -1.22. The summed E-state index contributed by atoms with van der Waals surface area (Å²) in [5.74, 6) is -3.62. The van der Waals surface area contributed by atoms with Gasteiger partial charge in [-0.3, -0.25) is 14.9 Å². The number of hydrogen-bond acceptors (Lipinski definition) is 5. The van der Waals surface area contributed by atoms with Crippen molar-refractivity contribution in [2.45, 2.75) is 6.18 Å². The molecule has 0 fully saturated rings. The van der Waals surface area contributed by atoms with Crippen LogP contribution < -0.4 is 0 Å². The number of nitro benzene ring substituents is 1. The van der Waals surface area contributed by atoms with Crippen LogP contribution in [0.25, 0.3) is 0 Å². The molecule has 19 heavy (non-hydrogen) atoms. The summed E-state index contributed by atoms with van der Waals surface area (Å²) in [6.07, 6.45) is -5.22. The summed E-state index contributed by atoms with van der Waals surface area (Å²) in [4.78, 5) is 31.6. The number of hydrogen-bond donors (Lipinski definition) is 0. The van der Waals surface area contributed by atoms with Gasteiger partial charge >= 0.3 is 12.1 Å². The standard InChI is InChI=1S/C10H6F3NO5/c11-10(12,13)9(16)19-5-8(15)6-3-1-2-4-7(6)14(17)18/h1-4H,5H2. The molecule has 0 aromatic heterocycles. The maximum Gasteiger partial charge on any atom is 0.490 e. The van der Waals surface area contributed by atoms with Crippen LogP contribution in [-0.2, 0) is 9.53 Å². The van der Waals surface area contributed by atoms with Crippen molar-refractivity contribution in [3.8, 4) is 0 Å². The molecule has 1 aromatic rings. The first kappa shape index (κ1) is 14.6. The Labute approximate surface area is 103 Å². The van der Waals surface area contributed by atoms with E-state index in [4.69, 9.17) is 0 Å². The predicted molar refractivity (Wildman–Crippen MR) is 54.4 cm³/mol. The lowest BCUT2D eigenvalue weighted by Crippen LogP contribution is -2.27. The second-order valence-corrected chi connectivity index (χ2v) is 3.27. The minimum atomic E-state index is -5.22. The third kappa shape index (κ3) is 3.76. The van der Waals surface area contributed by atoms with Crippen molar-refractivity contribution >= 4 is 17.4 Å². The molecule has 0 N–H and O–H groups in total. The maximum atomic E-state index is 11.8. The van der Waals surface area contributed by atoms with E-state index in [-0.39, 0.29) is 0 Å². The highest BCUT2D eigenvalue weighted by Gasteiger charge is 2.41. The van der Waals surface area contributed by atoms with Gasteiger partial charge in [-0.2, -0.15) is 13.2 Å². The molecule has 0 radical (unpaired) electrons. The lowest BCUT2D eigenvalue weighted by molar-refractivity contribution is -0.385. The zero-order valence-electron chi connectivity index (χ0n) is 9.14. The van der Waals surface area contributed by atoms with Gasteiger partial charge in [-0.15, -0.1) is 0 Å². The van der Waals surface area contributed by atoms with E-state index < -0.39 is 40.7 Å². The van der Waals surface area contributed by atoms with Crippen LogP contribution in [0.5, 0.6) is 0 Å². The number of rotatable bonds is 4. The van der Waals surface area contributed by atoms with E-state index >= 15 is 0 Å². The summed E-state index contributed by atoms with van der Waals surface area (Å²) in [7, 11) is 0. The van der Waals surface area contributed by atoms with Gasteiger partial charge in [0.05, 0.1) is 10.5 Å². The van der Waals surface area contributed by atoms with Crippen LogP contribution in [0.15, 0.2) is 24.3 Å². The number of ketones is 1. The summed E-state index contributed by atoms with van der Waals surface area (Å²) < 4.78 is 39.2. The predicted octanol–water partition coefficient (Wildman–Crippen LogP) is 1.88. The van der Waals surface area contributed by atoms with Crippen molar-refractivity contribution in [2.24, 2.45) is 0 Å². The molecule has 0 saturated heterocycles. The highest BCUT2D eigenvalue weighted by molar-refractivity contribution is 6.01. The molecule has 0 bridgehead atoms. The Bertz CT molecular complexity index is 526. The largest absolute Gasteiger partial charge is 0.490 e. The van der Waals surface area contributed by atoms with E-state index in [1.54, 1.807) is 0 Å². The molecule has 0 saturated carbocycles. The van der Waals surface area contributed by atoms with Crippen molar-refractivity contribution in [3.05, 3.63) is 39.9 Å². The molecule has 1 rings (SSSR count). The van der Waals surface area contributed by atoms with Crippen LogP contribution in [0.1, 0.15) is 10.4 Å². The van der Waals surface area contributed by atoms with Gasteiger partial charge in [-0.05, 0) is 6.07 Å². The number of Topliss-reactive ketones (excluding diaryl/α,β-unsaturated/α-hetero) is 1. The number of nitrogens with zero attached hydrogens (tertiary/aromatic N) is 1. The third-order valence-corrected chi connectivity index (χ3v) is 1.97. The zero-order valence-corrected chi connectivity index (χ0v) is 9.14. The molecule has 102 valence electrons. The Morgan fingerprint density at radius 1 is 1.26 bits per heavy atom. The fraction of sp³-hybridized carbons (Fsp3) is 0.200. The molecular weight excluding hydrogens is 271 g/mol. The van der Waals surface area contributed by atoms with Crippen molar-refractivity contribution in [2.75, 3.05) is 6.61 Å². The van der Waals surface area contributed by atoms with Crippen molar-refractivity contribution in [3.63, 3.8) is 0 Å². The summed E-state index contributed by atoms with van der Waals surface area (Å²) in [6, 6.07) is 4.66. The number of ether oxygens (including phenoxy) is 1. The Hall–Kier alpha value is -2.45. The van der Waals surface area contributed by atoms with Crippen LogP contribution in [0.2, 0.25) is 0 Å². The quantitative estimate of drug-likeness (QED) is 0.363. The first-order valence-electron chi connectivity index (χ1n) is 4.74. The lowest BCUT2D eigenvalue weighted by Gasteiger charge is -2.06. The minimum Gasteiger partial charge on any atom is -0.451 e. The fourth-order valence-electron chi connectivity index (χ4n) is 1.16. The molecule has 6 nitrogen and oxygen atoms in total. The van der Waals surface area contributed by atoms with E-state index in [1.807, 2.05) is 0 Å². The highest BCUT2D eigenvalue weighted by Crippen LogP contribution is 2.20. The van der Waals surface area contributed by atoms with E-state index in [9.17, 15) is 32.9 Å². The summed E-state index contributed by atoms with van der Waals surface area (Å²) in [5.41, 5.74) is -1.00. The van der Waals surface area contributed by atoms with Crippen molar-refractivity contribution in [1.29, 1.82) is 0 Å². The van der Waals surface area contributed by atoms with Gasteiger partial charge < -0.3 is 4.74 Å². The molecular formula is C10H6F3NO5. The number of carbonyl (C=O) groups is 2.